The Bertz CT molecular complexity index is 790. The molecule has 128 valence electrons. The average Bonchev–Trinajstić information content (AvgIpc) is 2.62. The van der Waals surface area contributed by atoms with Gasteiger partial charge in [0.25, 0.3) is 5.91 Å². The van der Waals surface area contributed by atoms with Crippen molar-refractivity contribution in [1.82, 2.24) is 5.43 Å². The molecule has 0 aromatic heterocycles. The Morgan fingerprint density at radius 3 is 2.64 bits per heavy atom. The van der Waals surface area contributed by atoms with Gasteiger partial charge in [0.05, 0.1) is 12.8 Å². The van der Waals surface area contributed by atoms with Gasteiger partial charge in [-0.2, -0.15) is 5.10 Å². The molecule has 0 saturated carbocycles. The Morgan fingerprint density at radius 1 is 1.20 bits per heavy atom. The molecule has 0 heterocycles. The van der Waals surface area contributed by atoms with E-state index in [1.54, 1.807) is 36.5 Å². The number of nitrogens with one attached hydrogen (secondary N) is 1. The van der Waals surface area contributed by atoms with Crippen molar-refractivity contribution in [2.75, 3.05) is 13.2 Å². The van der Waals surface area contributed by atoms with Crippen molar-refractivity contribution in [3.8, 4) is 23.8 Å². The van der Waals surface area contributed by atoms with E-state index in [0.717, 1.165) is 11.1 Å². The summed E-state index contributed by atoms with van der Waals surface area (Å²) in [7, 11) is 0. The molecule has 0 aliphatic rings. The summed E-state index contributed by atoms with van der Waals surface area (Å²) in [6.07, 6.45) is 6.74. The second-order valence-electron chi connectivity index (χ2n) is 5.20. The minimum atomic E-state index is -0.268. The van der Waals surface area contributed by atoms with Gasteiger partial charge in [-0.1, -0.05) is 23.6 Å². The van der Waals surface area contributed by atoms with E-state index in [-0.39, 0.29) is 12.5 Å². The summed E-state index contributed by atoms with van der Waals surface area (Å²) >= 11 is 0. The molecule has 0 atom stereocenters. The molecule has 0 fully saturated rings. The minimum Gasteiger partial charge on any atom is -0.490 e. The zero-order valence-corrected chi connectivity index (χ0v) is 14.3. The Morgan fingerprint density at radius 2 is 1.96 bits per heavy atom. The van der Waals surface area contributed by atoms with Crippen LogP contribution in [0.25, 0.3) is 0 Å². The van der Waals surface area contributed by atoms with E-state index in [0.29, 0.717) is 23.7 Å². The summed E-state index contributed by atoms with van der Waals surface area (Å²) < 4.78 is 11.0. The van der Waals surface area contributed by atoms with Crippen LogP contribution in [0.5, 0.6) is 11.5 Å². The van der Waals surface area contributed by atoms with Crippen molar-refractivity contribution in [3.05, 3.63) is 59.2 Å². The number of aryl methyl sites for hydroxylation is 1. The van der Waals surface area contributed by atoms with Crippen molar-refractivity contribution < 1.29 is 14.3 Å². The van der Waals surface area contributed by atoms with Crippen LogP contribution < -0.4 is 14.9 Å². The number of carbonyl (C=O) groups excluding carboxylic acids is 1. The van der Waals surface area contributed by atoms with Crippen LogP contribution in [-0.4, -0.2) is 25.3 Å². The Kier molecular flexibility index (Phi) is 6.61. The first-order chi connectivity index (χ1) is 12.1. The van der Waals surface area contributed by atoms with E-state index in [1.807, 2.05) is 26.0 Å². The fraction of sp³-hybridized carbons (Fsp3) is 0.200. The third kappa shape index (κ3) is 5.40. The van der Waals surface area contributed by atoms with Gasteiger partial charge in [0.2, 0.25) is 0 Å². The van der Waals surface area contributed by atoms with Crippen molar-refractivity contribution >= 4 is 12.1 Å². The lowest BCUT2D eigenvalue weighted by atomic mass is 10.1. The van der Waals surface area contributed by atoms with Crippen LogP contribution in [0.1, 0.15) is 28.4 Å². The molecule has 2 aromatic carbocycles. The van der Waals surface area contributed by atoms with Gasteiger partial charge < -0.3 is 9.47 Å². The fourth-order valence-corrected chi connectivity index (χ4v) is 2.05. The summed E-state index contributed by atoms with van der Waals surface area (Å²) in [5.74, 6) is 3.29. The largest absolute Gasteiger partial charge is 0.490 e. The molecule has 2 rings (SSSR count). The molecular formula is C20H20N2O3. The second kappa shape index (κ2) is 9.14. The van der Waals surface area contributed by atoms with Crippen LogP contribution in [0.15, 0.2) is 47.6 Å². The molecule has 0 radical (unpaired) electrons. The van der Waals surface area contributed by atoms with Crippen LogP contribution in [0.2, 0.25) is 0 Å². The summed E-state index contributed by atoms with van der Waals surface area (Å²) in [5.41, 5.74) is 4.91. The predicted molar refractivity (Wildman–Crippen MR) is 98.2 cm³/mol. The molecule has 2 aromatic rings. The van der Waals surface area contributed by atoms with Crippen LogP contribution in [-0.2, 0) is 0 Å². The van der Waals surface area contributed by atoms with E-state index >= 15 is 0 Å². The number of nitrogens with zero attached hydrogens (tertiary/aromatic N) is 1. The quantitative estimate of drug-likeness (QED) is 0.480. The average molecular weight is 336 g/mol. The predicted octanol–water partition coefficient (Wildman–Crippen LogP) is 3.17. The van der Waals surface area contributed by atoms with Crippen molar-refractivity contribution in [3.63, 3.8) is 0 Å². The topological polar surface area (TPSA) is 59.9 Å². The monoisotopic (exact) mass is 336 g/mol. The molecule has 1 N–H and O–H groups in total. The summed E-state index contributed by atoms with van der Waals surface area (Å²) in [4.78, 5) is 12.0. The maximum atomic E-state index is 12.0. The first-order valence-corrected chi connectivity index (χ1v) is 7.87. The summed E-state index contributed by atoms with van der Waals surface area (Å²) in [6, 6.07) is 12.6. The van der Waals surface area contributed by atoms with Crippen LogP contribution in [0, 0.1) is 19.3 Å². The molecule has 25 heavy (non-hydrogen) atoms. The number of carbonyl (C=O) groups is 1. The molecule has 0 bridgehead atoms. The summed E-state index contributed by atoms with van der Waals surface area (Å²) in [6.45, 7) is 4.51. The van der Waals surface area contributed by atoms with Gasteiger partial charge in [-0.05, 0) is 49.7 Å². The number of hydrogen-bond acceptors (Lipinski definition) is 4. The normalized spacial score (nSPS) is 10.3. The molecule has 0 spiro atoms. The van der Waals surface area contributed by atoms with Crippen molar-refractivity contribution in [2.45, 2.75) is 13.8 Å². The lowest BCUT2D eigenvalue weighted by Gasteiger charge is -2.10. The van der Waals surface area contributed by atoms with Gasteiger partial charge in [-0.25, -0.2) is 5.43 Å². The number of ether oxygens (including phenoxy) is 2. The first-order valence-electron chi connectivity index (χ1n) is 7.87. The fourth-order valence-electron chi connectivity index (χ4n) is 2.05. The van der Waals surface area contributed by atoms with E-state index in [1.165, 1.54) is 0 Å². The van der Waals surface area contributed by atoms with E-state index in [2.05, 4.69) is 16.4 Å². The van der Waals surface area contributed by atoms with E-state index in [9.17, 15) is 4.79 Å². The third-order valence-electron chi connectivity index (χ3n) is 3.27. The highest BCUT2D eigenvalue weighted by Gasteiger charge is 2.06. The van der Waals surface area contributed by atoms with Crippen LogP contribution in [0.3, 0.4) is 0 Å². The SMILES string of the molecule is C#CCOc1ccc(/C=N\NC(=O)c2ccc(C)cc2)cc1OCC. The number of rotatable bonds is 7. The highest BCUT2D eigenvalue weighted by atomic mass is 16.5. The van der Waals surface area contributed by atoms with Gasteiger partial charge in [0.15, 0.2) is 11.5 Å². The van der Waals surface area contributed by atoms with Gasteiger partial charge in [-0.15, -0.1) is 6.42 Å². The highest BCUT2D eigenvalue weighted by molar-refractivity contribution is 5.94. The minimum absolute atomic E-state index is 0.167. The molecule has 5 nitrogen and oxygen atoms in total. The second-order valence-corrected chi connectivity index (χ2v) is 5.20. The third-order valence-corrected chi connectivity index (χ3v) is 3.27. The number of benzene rings is 2. The number of amides is 1. The number of hydrazone groups is 1. The molecule has 0 aliphatic carbocycles. The molecule has 0 unspecified atom stereocenters. The van der Waals surface area contributed by atoms with Gasteiger partial charge >= 0.3 is 0 Å². The maximum Gasteiger partial charge on any atom is 0.271 e. The lowest BCUT2D eigenvalue weighted by molar-refractivity contribution is 0.0955. The van der Waals surface area contributed by atoms with Gasteiger partial charge in [0, 0.05) is 5.56 Å². The van der Waals surface area contributed by atoms with Crippen molar-refractivity contribution in [1.29, 1.82) is 0 Å². The Balaban J connectivity index is 2.04. The van der Waals surface area contributed by atoms with Gasteiger partial charge in [-0.3, -0.25) is 4.79 Å². The smallest absolute Gasteiger partial charge is 0.271 e. The molecule has 1 amide bonds. The lowest BCUT2D eigenvalue weighted by Crippen LogP contribution is -2.17. The molecule has 5 heteroatoms. The number of terminal acetylenes is 1. The van der Waals surface area contributed by atoms with Crippen LogP contribution >= 0.6 is 0 Å². The Hall–Kier alpha value is -3.26. The first kappa shape index (κ1) is 18.1. The highest BCUT2D eigenvalue weighted by Crippen LogP contribution is 2.27. The maximum absolute atomic E-state index is 12.0. The summed E-state index contributed by atoms with van der Waals surface area (Å²) in [5, 5.41) is 3.98. The number of hydrogen-bond donors (Lipinski definition) is 1. The molecular weight excluding hydrogens is 316 g/mol. The molecule has 0 aliphatic heterocycles. The van der Waals surface area contributed by atoms with E-state index < -0.39 is 0 Å². The Labute approximate surface area is 147 Å². The molecule has 0 saturated heterocycles. The van der Waals surface area contributed by atoms with Crippen molar-refractivity contribution in [2.24, 2.45) is 5.10 Å². The van der Waals surface area contributed by atoms with E-state index in [4.69, 9.17) is 15.9 Å². The zero-order chi connectivity index (χ0) is 18.1. The van der Waals surface area contributed by atoms with Crippen LogP contribution in [0.4, 0.5) is 0 Å². The van der Waals surface area contributed by atoms with Gasteiger partial charge in [0.1, 0.15) is 6.61 Å². The standard InChI is InChI=1S/C20H20N2O3/c1-4-12-25-18-11-8-16(13-19(18)24-5-2)14-21-22-20(23)17-9-6-15(3)7-10-17/h1,6-11,13-14H,5,12H2,2-3H3,(H,22,23)/b21-14-. The zero-order valence-electron chi connectivity index (χ0n) is 14.3.